The Kier molecular flexibility index (Phi) is 6.24. The van der Waals surface area contributed by atoms with E-state index in [1.54, 1.807) is 12.1 Å². The van der Waals surface area contributed by atoms with Crippen molar-refractivity contribution in [2.24, 2.45) is 0 Å². The van der Waals surface area contributed by atoms with Gasteiger partial charge < -0.3 is 15.0 Å². The van der Waals surface area contributed by atoms with E-state index in [1.807, 2.05) is 50.2 Å². The average Bonchev–Trinajstić information content (AvgIpc) is 2.57. The summed E-state index contributed by atoms with van der Waals surface area (Å²) in [7, 11) is 0. The number of carbonyl (C=O) groups is 1. The third-order valence-electron chi connectivity index (χ3n) is 3.72. The van der Waals surface area contributed by atoms with Crippen LogP contribution in [0.5, 0.6) is 5.75 Å². The van der Waals surface area contributed by atoms with E-state index in [-0.39, 0.29) is 12.0 Å². The second kappa shape index (κ2) is 8.39. The van der Waals surface area contributed by atoms with E-state index < -0.39 is 0 Å². The first-order valence-corrected chi connectivity index (χ1v) is 8.46. The summed E-state index contributed by atoms with van der Waals surface area (Å²) in [5, 5.41) is 2.93. The lowest BCUT2D eigenvalue weighted by molar-refractivity contribution is 0.102. The average molecular weight is 326 g/mol. The van der Waals surface area contributed by atoms with Crippen LogP contribution in [-0.2, 0) is 0 Å². The first kappa shape index (κ1) is 17.9. The van der Waals surface area contributed by atoms with Crippen LogP contribution in [0.3, 0.4) is 0 Å². The normalized spacial score (nSPS) is 10.5. The minimum Gasteiger partial charge on any atom is -0.491 e. The first-order valence-electron chi connectivity index (χ1n) is 8.46. The van der Waals surface area contributed by atoms with E-state index in [1.165, 1.54) is 0 Å². The molecule has 0 aromatic heterocycles. The van der Waals surface area contributed by atoms with Crippen molar-refractivity contribution in [3.05, 3.63) is 54.1 Å². The number of benzene rings is 2. The lowest BCUT2D eigenvalue weighted by Gasteiger charge is -2.21. The molecular formula is C20H26N2O2. The summed E-state index contributed by atoms with van der Waals surface area (Å²) in [6.45, 7) is 10.1. The van der Waals surface area contributed by atoms with Gasteiger partial charge in [-0.1, -0.05) is 6.07 Å². The van der Waals surface area contributed by atoms with Gasteiger partial charge in [0.2, 0.25) is 0 Å². The quantitative estimate of drug-likeness (QED) is 0.810. The lowest BCUT2D eigenvalue weighted by Crippen LogP contribution is -2.21. The number of amides is 1. The van der Waals surface area contributed by atoms with Gasteiger partial charge in [0.1, 0.15) is 5.75 Å². The molecule has 2 aromatic rings. The van der Waals surface area contributed by atoms with Gasteiger partial charge in [0.05, 0.1) is 6.10 Å². The fraction of sp³-hybridized carbons (Fsp3) is 0.350. The van der Waals surface area contributed by atoms with E-state index in [0.29, 0.717) is 11.3 Å². The Labute approximate surface area is 144 Å². The Morgan fingerprint density at radius 1 is 1.08 bits per heavy atom. The minimum atomic E-state index is -0.139. The van der Waals surface area contributed by atoms with Gasteiger partial charge in [-0.3, -0.25) is 4.79 Å². The zero-order chi connectivity index (χ0) is 17.5. The highest BCUT2D eigenvalue weighted by Gasteiger charge is 2.09. The Bertz CT molecular complexity index is 662. The molecule has 0 spiro atoms. The number of hydrogen-bond acceptors (Lipinski definition) is 3. The van der Waals surface area contributed by atoms with E-state index in [9.17, 15) is 4.79 Å². The third-order valence-corrected chi connectivity index (χ3v) is 3.72. The van der Waals surface area contributed by atoms with Crippen LogP contribution in [0.25, 0.3) is 0 Å². The van der Waals surface area contributed by atoms with Gasteiger partial charge in [-0.15, -0.1) is 0 Å². The molecule has 0 radical (unpaired) electrons. The Morgan fingerprint density at radius 3 is 2.33 bits per heavy atom. The van der Waals surface area contributed by atoms with Gasteiger partial charge in [-0.25, -0.2) is 0 Å². The highest BCUT2D eigenvalue weighted by Crippen LogP contribution is 2.20. The van der Waals surface area contributed by atoms with Crippen molar-refractivity contribution in [3.63, 3.8) is 0 Å². The van der Waals surface area contributed by atoms with Crippen molar-refractivity contribution in [2.75, 3.05) is 23.3 Å². The summed E-state index contributed by atoms with van der Waals surface area (Å²) in [5.74, 6) is 0.564. The Balaban J connectivity index is 2.06. The fourth-order valence-electron chi connectivity index (χ4n) is 2.53. The fourth-order valence-corrected chi connectivity index (χ4v) is 2.53. The van der Waals surface area contributed by atoms with Crippen LogP contribution < -0.4 is 15.0 Å². The van der Waals surface area contributed by atoms with E-state index >= 15 is 0 Å². The van der Waals surface area contributed by atoms with Gasteiger partial charge in [0.25, 0.3) is 5.91 Å². The molecule has 0 bridgehead atoms. The molecule has 0 aliphatic rings. The monoisotopic (exact) mass is 326 g/mol. The van der Waals surface area contributed by atoms with E-state index in [4.69, 9.17) is 4.74 Å². The Hall–Kier alpha value is -2.49. The largest absolute Gasteiger partial charge is 0.491 e. The molecule has 0 aliphatic heterocycles. The van der Waals surface area contributed by atoms with Crippen molar-refractivity contribution in [2.45, 2.75) is 33.8 Å². The van der Waals surface area contributed by atoms with Crippen LogP contribution in [0.1, 0.15) is 38.1 Å². The second-order valence-corrected chi connectivity index (χ2v) is 5.87. The molecule has 2 aromatic carbocycles. The topological polar surface area (TPSA) is 41.6 Å². The highest BCUT2D eigenvalue weighted by molar-refractivity contribution is 6.04. The SMILES string of the molecule is CCN(CC)c1ccc(NC(=O)c2cccc(OC(C)C)c2)cc1. The van der Waals surface area contributed by atoms with Gasteiger partial charge >= 0.3 is 0 Å². The van der Waals surface area contributed by atoms with Gasteiger partial charge in [0.15, 0.2) is 0 Å². The van der Waals surface area contributed by atoms with Crippen LogP contribution in [0, 0.1) is 0 Å². The van der Waals surface area contributed by atoms with E-state index in [0.717, 1.165) is 24.5 Å². The van der Waals surface area contributed by atoms with Gasteiger partial charge in [-0.2, -0.15) is 0 Å². The molecule has 4 nitrogen and oxygen atoms in total. The molecule has 0 unspecified atom stereocenters. The molecule has 128 valence electrons. The number of ether oxygens (including phenoxy) is 1. The van der Waals surface area contributed by atoms with Crippen molar-refractivity contribution >= 4 is 17.3 Å². The first-order chi connectivity index (χ1) is 11.5. The summed E-state index contributed by atoms with van der Waals surface area (Å²) < 4.78 is 5.64. The number of nitrogens with zero attached hydrogens (tertiary/aromatic N) is 1. The smallest absolute Gasteiger partial charge is 0.255 e. The lowest BCUT2D eigenvalue weighted by atomic mass is 10.2. The van der Waals surface area contributed by atoms with Crippen molar-refractivity contribution in [3.8, 4) is 5.75 Å². The third kappa shape index (κ3) is 4.75. The molecule has 2 rings (SSSR count). The molecule has 0 saturated carbocycles. The zero-order valence-corrected chi connectivity index (χ0v) is 14.9. The molecule has 0 heterocycles. The van der Waals surface area contributed by atoms with Crippen LogP contribution in [0.4, 0.5) is 11.4 Å². The number of nitrogens with one attached hydrogen (secondary N) is 1. The van der Waals surface area contributed by atoms with Crippen molar-refractivity contribution in [1.82, 2.24) is 0 Å². The van der Waals surface area contributed by atoms with Gasteiger partial charge in [-0.05, 0) is 70.2 Å². The zero-order valence-electron chi connectivity index (χ0n) is 14.9. The summed E-state index contributed by atoms with van der Waals surface area (Å²) in [6.07, 6.45) is 0.0796. The molecule has 0 atom stereocenters. The second-order valence-electron chi connectivity index (χ2n) is 5.87. The molecule has 1 N–H and O–H groups in total. The van der Waals surface area contributed by atoms with E-state index in [2.05, 4.69) is 24.1 Å². The number of anilines is 2. The van der Waals surface area contributed by atoms with Crippen LogP contribution in [0.2, 0.25) is 0 Å². The maximum absolute atomic E-state index is 12.4. The number of rotatable bonds is 7. The summed E-state index contributed by atoms with van der Waals surface area (Å²) in [5.41, 5.74) is 2.53. The Morgan fingerprint density at radius 2 is 1.75 bits per heavy atom. The summed E-state index contributed by atoms with van der Waals surface area (Å²) in [6, 6.07) is 15.2. The molecule has 0 saturated heterocycles. The van der Waals surface area contributed by atoms with Gasteiger partial charge in [0, 0.05) is 30.0 Å². The van der Waals surface area contributed by atoms with Crippen LogP contribution in [-0.4, -0.2) is 25.1 Å². The van der Waals surface area contributed by atoms with Crippen molar-refractivity contribution in [1.29, 1.82) is 0 Å². The molecule has 1 amide bonds. The predicted octanol–water partition coefficient (Wildman–Crippen LogP) is 4.57. The number of hydrogen-bond donors (Lipinski definition) is 1. The molecule has 4 heteroatoms. The summed E-state index contributed by atoms with van der Waals surface area (Å²) >= 11 is 0. The van der Waals surface area contributed by atoms with Crippen LogP contribution >= 0.6 is 0 Å². The maximum Gasteiger partial charge on any atom is 0.255 e. The molecular weight excluding hydrogens is 300 g/mol. The van der Waals surface area contributed by atoms with Crippen LogP contribution in [0.15, 0.2) is 48.5 Å². The summed E-state index contributed by atoms with van der Waals surface area (Å²) in [4.78, 5) is 14.7. The maximum atomic E-state index is 12.4. The molecule has 24 heavy (non-hydrogen) atoms. The van der Waals surface area contributed by atoms with Crippen molar-refractivity contribution < 1.29 is 9.53 Å². The minimum absolute atomic E-state index is 0.0796. The standard InChI is InChI=1S/C20H26N2O2/c1-5-22(6-2)18-12-10-17(11-13-18)21-20(23)16-8-7-9-19(14-16)24-15(3)4/h7-15H,5-6H2,1-4H3,(H,21,23). The molecule has 0 fully saturated rings. The molecule has 0 aliphatic carbocycles. The number of carbonyl (C=O) groups excluding carboxylic acids is 1. The predicted molar refractivity (Wildman–Crippen MR) is 100 cm³/mol. The highest BCUT2D eigenvalue weighted by atomic mass is 16.5.